The zero-order valence-corrected chi connectivity index (χ0v) is 34.1. The van der Waals surface area contributed by atoms with E-state index in [-0.39, 0.29) is 49.0 Å². The van der Waals surface area contributed by atoms with Gasteiger partial charge in [0.25, 0.3) is 0 Å². The monoisotopic (exact) mass is 938 g/mol. The Kier molecular flexibility index (Phi) is 11.1. The number of benzene rings is 1. The zero-order valence-electron chi connectivity index (χ0n) is 28.5. The van der Waals surface area contributed by atoms with E-state index in [2.05, 4.69) is 27.2 Å². The summed E-state index contributed by atoms with van der Waals surface area (Å²) in [7, 11) is 3.73. The number of nitrogens with zero attached hydrogens (tertiary/aromatic N) is 6. The summed E-state index contributed by atoms with van der Waals surface area (Å²) in [4.78, 5) is 19.7. The number of carbonyl (C=O) groups is 1. The number of aromatic nitrogens is 3. The first-order valence-corrected chi connectivity index (χ1v) is 27.2. The minimum absolute atomic E-state index is 0.0684. The molecule has 1 amide bonds. The number of carbonyl (C=O) groups excluding carboxylic acids is 1. The van der Waals surface area contributed by atoms with E-state index < -0.39 is 26.9 Å². The second-order valence-electron chi connectivity index (χ2n) is 12.5. The molecule has 52 heavy (non-hydrogen) atoms. The van der Waals surface area contributed by atoms with Crippen LogP contribution in [0.2, 0.25) is 0 Å². The van der Waals surface area contributed by atoms with E-state index in [9.17, 15) is 18.7 Å². The van der Waals surface area contributed by atoms with Crippen molar-refractivity contribution in [3.8, 4) is 17.0 Å². The summed E-state index contributed by atoms with van der Waals surface area (Å²) >= 11 is -1.33. The number of piperazine rings is 1. The van der Waals surface area contributed by atoms with E-state index in [4.69, 9.17) is 17.3 Å². The maximum absolute atomic E-state index is 14.7. The van der Waals surface area contributed by atoms with Gasteiger partial charge in [0.1, 0.15) is 0 Å². The molecule has 10 nitrogen and oxygen atoms in total. The van der Waals surface area contributed by atoms with Crippen molar-refractivity contribution in [2.24, 2.45) is 15.8 Å². The standard InChI is InChI=1S/C29H27F2N3O3S2.C8H10N3O.Pb/c1-17-16-37-20(12-19(31)5-7-30)13-23-27(28(17)38)32-26(21-6-10-39-29(21)23)22-11-18-15-34(2)33-24(18)14-25(22)36-9-4-3-8-35;1-3-8(12)10-4-5-11(9)7(2)6-10;/h3-7,10-15,17,28,35,38H,8-9,16H2,1-2H3;2-3H,1,4-6H2;/q;;+1/p-1/b4-3+,7-5+,19-12+,20-13-;;/t17-,28?;;/m1../s1. The van der Waals surface area contributed by atoms with Crippen molar-refractivity contribution >= 4 is 73.7 Å². The van der Waals surface area contributed by atoms with Gasteiger partial charge >= 0.3 is 311 Å². The number of allylic oxidation sites excluding steroid dienone is 3. The molecule has 1 unspecified atom stereocenters. The molecule has 1 aromatic carbocycles. The Labute approximate surface area is 314 Å². The van der Waals surface area contributed by atoms with Gasteiger partial charge in [-0.3, -0.25) is 0 Å². The Bertz CT molecular complexity index is 2240. The molecule has 7 rings (SSSR count). The van der Waals surface area contributed by atoms with Gasteiger partial charge in [-0.15, -0.1) is 0 Å². The molecule has 1 N–H and O–H groups in total. The third kappa shape index (κ3) is 7.56. The fourth-order valence-electron chi connectivity index (χ4n) is 6.40. The molecule has 6 heterocycles. The van der Waals surface area contributed by atoms with Gasteiger partial charge in [-0.05, 0) is 0 Å². The molecule has 3 aliphatic rings. The van der Waals surface area contributed by atoms with Gasteiger partial charge in [-0.1, -0.05) is 0 Å². The van der Waals surface area contributed by atoms with Crippen LogP contribution in [0.1, 0.15) is 23.4 Å². The van der Waals surface area contributed by atoms with Gasteiger partial charge in [0.05, 0.1) is 0 Å². The molecule has 3 aromatic heterocycles. The first kappa shape index (κ1) is 36.4. The Morgan fingerprint density at radius 1 is 1.31 bits per heavy atom. The molecule has 4 aromatic rings. The van der Waals surface area contributed by atoms with Gasteiger partial charge < -0.3 is 5.11 Å². The van der Waals surface area contributed by atoms with Crippen LogP contribution in [0, 0.1) is 5.92 Å². The van der Waals surface area contributed by atoms with Gasteiger partial charge in [-0.2, -0.15) is 0 Å². The number of halogens is 2. The molecule has 268 valence electrons. The zero-order chi connectivity index (χ0) is 36.4. The van der Waals surface area contributed by atoms with Crippen LogP contribution in [0.3, 0.4) is 0 Å². The number of pyridine rings is 1. The van der Waals surface area contributed by atoms with Crippen molar-refractivity contribution in [3.05, 3.63) is 105 Å². The number of aryl methyl sites for hydroxylation is 1. The second kappa shape index (κ2) is 15.9. The van der Waals surface area contributed by atoms with Gasteiger partial charge in [0.15, 0.2) is 0 Å². The van der Waals surface area contributed by atoms with E-state index in [1.54, 1.807) is 39.1 Å². The summed E-state index contributed by atoms with van der Waals surface area (Å²) < 4.78 is 50.3. The van der Waals surface area contributed by atoms with Crippen LogP contribution in [-0.2, 0) is 16.6 Å². The Morgan fingerprint density at radius 3 is 2.98 bits per heavy atom. The summed E-state index contributed by atoms with van der Waals surface area (Å²) in [5.41, 5.74) is 5.01. The van der Waals surface area contributed by atoms with E-state index in [1.807, 2.05) is 45.1 Å². The van der Waals surface area contributed by atoms with Crippen LogP contribution < -0.4 is 4.74 Å². The van der Waals surface area contributed by atoms with Gasteiger partial charge in [0, 0.05) is 0 Å². The van der Waals surface area contributed by atoms with Crippen molar-refractivity contribution in [2.75, 3.05) is 39.5 Å². The molecule has 2 atom stereocenters. The molecule has 3 aliphatic heterocycles. The number of fused-ring (bicyclic) bond motifs is 5. The number of amides is 1. The molecule has 0 bridgehead atoms. The van der Waals surface area contributed by atoms with Gasteiger partial charge in [-0.25, -0.2) is 0 Å². The SMILES string of the molecule is C=CC(=O)N1CCN2[N]=[Pb]([S]C3c4nc(-c5cc6cn(C)nc6cc5OC/C=C/CO)c5ccsc5c4/C=C(/C=C(F)\C=C\F)OC[C@H]3C)[CH]=C2C1. The number of hydrogen-bond donors (Lipinski definition) is 1. The molecule has 1 fully saturated rings. The predicted octanol–water partition coefficient (Wildman–Crippen LogP) is 7.33. The number of aliphatic hydroxyl groups excluding tert-OH is 1. The molecule has 0 spiro atoms. The fourth-order valence-corrected chi connectivity index (χ4v) is 22.8. The predicted molar refractivity (Wildman–Crippen MR) is 204 cm³/mol. The summed E-state index contributed by atoms with van der Waals surface area (Å²) in [6.07, 6.45) is 10.6. The van der Waals surface area contributed by atoms with Gasteiger partial charge in [0.2, 0.25) is 0 Å². The number of rotatable bonds is 10. The topological polar surface area (TPSA) is 105 Å². The molecular weight excluding hydrogens is 902 g/mol. The van der Waals surface area contributed by atoms with Crippen molar-refractivity contribution in [3.63, 3.8) is 0 Å². The number of aliphatic hydroxyl groups is 1. The molecule has 0 aliphatic carbocycles. The van der Waals surface area contributed by atoms with Crippen LogP contribution in [0.25, 0.3) is 38.3 Å². The van der Waals surface area contributed by atoms with Crippen molar-refractivity contribution < 1.29 is 28.2 Å². The van der Waals surface area contributed by atoms with E-state index in [0.29, 0.717) is 25.4 Å². The average molecular weight is 938 g/mol. The average Bonchev–Trinajstić information content (AvgIpc) is 3.87. The molecule has 0 radical (unpaired) electrons. The van der Waals surface area contributed by atoms with Crippen molar-refractivity contribution in [2.45, 2.75) is 12.2 Å². The Balaban J connectivity index is 1.39. The van der Waals surface area contributed by atoms with E-state index in [0.717, 1.165) is 55.3 Å². The van der Waals surface area contributed by atoms with Crippen LogP contribution in [0.15, 0.2) is 96.8 Å². The minimum atomic E-state index is -2.89. The Hall–Kier alpha value is -4.00. The molecular formula is C37H36F2N6O4PbS2. The Morgan fingerprint density at radius 2 is 2.17 bits per heavy atom. The van der Waals surface area contributed by atoms with Crippen LogP contribution >= 0.6 is 19.6 Å². The number of hydrogen-bond acceptors (Lipinski definition) is 10. The molecule has 15 heteroatoms. The number of thiophene rings is 1. The molecule has 1 saturated heterocycles. The first-order valence-electron chi connectivity index (χ1n) is 16.7. The normalized spacial score (nSPS) is 20.3. The summed E-state index contributed by atoms with van der Waals surface area (Å²) in [5, 5.41) is 19.7. The summed E-state index contributed by atoms with van der Waals surface area (Å²) in [5.74, 6) is -0.0491. The summed E-state index contributed by atoms with van der Waals surface area (Å²) in [6.45, 7) is 7.92. The quantitative estimate of drug-likeness (QED) is 0.0764. The van der Waals surface area contributed by atoms with E-state index >= 15 is 0 Å². The third-order valence-electron chi connectivity index (χ3n) is 8.85. The number of ether oxygens (including phenoxy) is 2. The van der Waals surface area contributed by atoms with Crippen molar-refractivity contribution in [1.82, 2.24) is 24.7 Å². The van der Waals surface area contributed by atoms with Crippen molar-refractivity contribution in [1.29, 1.82) is 0 Å². The maximum atomic E-state index is 14.7. The van der Waals surface area contributed by atoms with Crippen LogP contribution in [-0.4, -0.2) is 96.2 Å². The molecule has 0 saturated carbocycles. The van der Waals surface area contributed by atoms with Crippen LogP contribution in [0.4, 0.5) is 8.78 Å². The second-order valence-corrected chi connectivity index (χ2v) is 25.1. The third-order valence-corrected chi connectivity index (χ3v) is 22.5. The first-order chi connectivity index (χ1) is 25.3. The fraction of sp³-hybridized carbons (Fsp3) is 0.270. The van der Waals surface area contributed by atoms with Crippen LogP contribution in [0.5, 0.6) is 5.75 Å². The summed E-state index contributed by atoms with van der Waals surface area (Å²) in [6, 6.07) is 5.98. The van der Waals surface area contributed by atoms with E-state index in [1.165, 1.54) is 12.2 Å².